The Morgan fingerprint density at radius 1 is 1.16 bits per heavy atom. The number of nitrogens with two attached hydrogens (primary N) is 1. The first kappa shape index (κ1) is 17.2. The zero-order chi connectivity index (χ0) is 17.6. The zero-order valence-electron chi connectivity index (χ0n) is 13.5. The molecule has 4 N–H and O–H groups in total. The lowest BCUT2D eigenvalue weighted by Gasteiger charge is -2.09. The highest BCUT2D eigenvalue weighted by Gasteiger charge is 2.09. The van der Waals surface area contributed by atoms with Gasteiger partial charge in [-0.2, -0.15) is 16.9 Å². The number of carbonyl (C=O) groups is 1. The van der Waals surface area contributed by atoms with Gasteiger partial charge in [-0.15, -0.1) is 0 Å². The first-order valence-electron chi connectivity index (χ1n) is 7.84. The first-order valence-corrected chi connectivity index (χ1v) is 9.00. The average molecular weight is 354 g/mol. The van der Waals surface area contributed by atoms with Gasteiger partial charge in [-0.25, -0.2) is 5.10 Å². The molecule has 0 atom stereocenters. The Hall–Kier alpha value is -2.64. The fraction of sp³-hybridized carbons (Fsp3) is 0.167. The van der Waals surface area contributed by atoms with Crippen molar-refractivity contribution in [3.05, 3.63) is 58.9 Å². The van der Waals surface area contributed by atoms with Crippen molar-refractivity contribution in [1.82, 2.24) is 10.2 Å². The van der Waals surface area contributed by atoms with Crippen LogP contribution in [0.2, 0.25) is 0 Å². The lowest BCUT2D eigenvalue weighted by Crippen LogP contribution is -2.15. The van der Waals surface area contributed by atoms with Gasteiger partial charge in [0.05, 0.1) is 16.8 Å². The number of hydrogen-bond acceptors (Lipinski definition) is 5. The quantitative estimate of drug-likeness (QED) is 0.589. The van der Waals surface area contributed by atoms with E-state index in [1.54, 1.807) is 6.07 Å². The fourth-order valence-corrected chi connectivity index (χ4v) is 3.09. The van der Waals surface area contributed by atoms with E-state index in [-0.39, 0.29) is 11.5 Å². The van der Waals surface area contributed by atoms with Crippen LogP contribution in [0.1, 0.15) is 0 Å². The Morgan fingerprint density at radius 2 is 1.96 bits per heavy atom. The molecular weight excluding hydrogens is 336 g/mol. The summed E-state index contributed by atoms with van der Waals surface area (Å²) in [7, 11) is 0. The van der Waals surface area contributed by atoms with E-state index in [2.05, 4.69) is 15.5 Å². The Kier molecular flexibility index (Phi) is 5.47. The van der Waals surface area contributed by atoms with Crippen LogP contribution in [0.25, 0.3) is 22.0 Å². The van der Waals surface area contributed by atoms with Gasteiger partial charge in [0.25, 0.3) is 5.56 Å². The molecule has 0 unspecified atom stereocenters. The van der Waals surface area contributed by atoms with Gasteiger partial charge in [-0.05, 0) is 18.2 Å². The maximum Gasteiger partial charge on any atom is 0.272 e. The smallest absolute Gasteiger partial charge is 0.272 e. The van der Waals surface area contributed by atoms with E-state index in [1.165, 1.54) is 11.8 Å². The highest BCUT2D eigenvalue weighted by molar-refractivity contribution is 7.99. The largest absolute Gasteiger partial charge is 0.330 e. The third kappa shape index (κ3) is 4.07. The number of benzene rings is 2. The van der Waals surface area contributed by atoms with Gasteiger partial charge >= 0.3 is 0 Å². The highest BCUT2D eigenvalue weighted by Crippen LogP contribution is 2.26. The van der Waals surface area contributed by atoms with Crippen molar-refractivity contribution in [3.63, 3.8) is 0 Å². The lowest BCUT2D eigenvalue weighted by molar-refractivity contribution is -0.113. The molecule has 0 aliphatic carbocycles. The summed E-state index contributed by atoms with van der Waals surface area (Å²) in [5, 5.41) is 10.9. The van der Waals surface area contributed by atoms with Gasteiger partial charge in [0.1, 0.15) is 0 Å². The molecule has 0 saturated heterocycles. The number of amides is 1. The second kappa shape index (κ2) is 7.96. The van der Waals surface area contributed by atoms with Gasteiger partial charge in [0.2, 0.25) is 5.91 Å². The van der Waals surface area contributed by atoms with E-state index in [0.29, 0.717) is 29.1 Å². The number of H-pyrrole nitrogens is 1. The maximum atomic E-state index is 12.0. The van der Waals surface area contributed by atoms with Gasteiger partial charge in [-0.3, -0.25) is 9.59 Å². The Bertz CT molecular complexity index is 955. The number of hydrogen-bond donors (Lipinski definition) is 3. The first-order chi connectivity index (χ1) is 12.2. The van der Waals surface area contributed by atoms with Crippen LogP contribution in [-0.4, -0.2) is 34.2 Å². The summed E-state index contributed by atoms with van der Waals surface area (Å²) in [5.74, 6) is 1.04. The van der Waals surface area contributed by atoms with Crippen molar-refractivity contribution in [2.24, 2.45) is 5.73 Å². The number of nitrogens with zero attached hydrogens (tertiary/aromatic N) is 1. The Labute approximate surface area is 148 Å². The van der Waals surface area contributed by atoms with Gasteiger partial charge in [0, 0.05) is 28.9 Å². The molecule has 1 aromatic heterocycles. The van der Waals surface area contributed by atoms with Crippen molar-refractivity contribution in [1.29, 1.82) is 0 Å². The number of aromatic nitrogens is 2. The van der Waals surface area contributed by atoms with Gasteiger partial charge in [-0.1, -0.05) is 30.3 Å². The third-order valence-corrected chi connectivity index (χ3v) is 4.60. The predicted molar refractivity (Wildman–Crippen MR) is 103 cm³/mol. The summed E-state index contributed by atoms with van der Waals surface area (Å²) in [6, 6.07) is 14.7. The van der Waals surface area contributed by atoms with Crippen LogP contribution in [0, 0.1) is 0 Å². The molecule has 1 heterocycles. The SMILES string of the molecule is NCCSCC(=O)Nc1cccc(-c2n[nH]c(=O)c3ccccc23)c1. The molecule has 2 aromatic carbocycles. The molecule has 0 saturated carbocycles. The van der Waals surface area contributed by atoms with Crippen LogP contribution in [0.3, 0.4) is 0 Å². The summed E-state index contributed by atoms with van der Waals surface area (Å²) in [6.07, 6.45) is 0. The molecule has 0 aliphatic heterocycles. The number of nitrogens with one attached hydrogen (secondary N) is 2. The van der Waals surface area contributed by atoms with E-state index < -0.39 is 0 Å². The lowest BCUT2D eigenvalue weighted by atomic mass is 10.0. The molecule has 3 aromatic rings. The summed E-state index contributed by atoms with van der Waals surface area (Å²) >= 11 is 1.50. The van der Waals surface area contributed by atoms with Crippen LogP contribution in [-0.2, 0) is 4.79 Å². The van der Waals surface area contributed by atoms with E-state index in [1.807, 2.05) is 42.5 Å². The van der Waals surface area contributed by atoms with Crippen molar-refractivity contribution < 1.29 is 4.79 Å². The zero-order valence-corrected chi connectivity index (χ0v) is 14.3. The van der Waals surface area contributed by atoms with Crippen molar-refractivity contribution >= 4 is 34.1 Å². The molecule has 0 radical (unpaired) electrons. The maximum absolute atomic E-state index is 12.0. The highest BCUT2D eigenvalue weighted by atomic mass is 32.2. The molecule has 0 bridgehead atoms. The normalized spacial score (nSPS) is 10.8. The summed E-state index contributed by atoms with van der Waals surface area (Å²) in [6.45, 7) is 0.554. The van der Waals surface area contributed by atoms with Gasteiger partial charge in [0.15, 0.2) is 0 Å². The molecule has 0 aliphatic rings. The molecule has 25 heavy (non-hydrogen) atoms. The standard InChI is InChI=1S/C18H18N4O2S/c19-8-9-25-11-16(23)20-13-5-3-4-12(10-13)17-14-6-1-2-7-15(14)18(24)22-21-17/h1-7,10H,8-9,11,19H2,(H,20,23)(H,22,24). The van der Waals surface area contributed by atoms with E-state index in [0.717, 1.165) is 16.7 Å². The number of aromatic amines is 1. The van der Waals surface area contributed by atoms with Crippen LogP contribution >= 0.6 is 11.8 Å². The molecule has 0 fully saturated rings. The number of fused-ring (bicyclic) bond motifs is 1. The van der Waals surface area contributed by atoms with E-state index >= 15 is 0 Å². The van der Waals surface area contributed by atoms with Crippen molar-refractivity contribution in [2.45, 2.75) is 0 Å². The number of thioether (sulfide) groups is 1. The van der Waals surface area contributed by atoms with Crippen LogP contribution in [0.4, 0.5) is 5.69 Å². The molecule has 0 spiro atoms. The molecule has 128 valence electrons. The van der Waals surface area contributed by atoms with E-state index in [9.17, 15) is 9.59 Å². The van der Waals surface area contributed by atoms with Crippen molar-refractivity contribution in [3.8, 4) is 11.3 Å². The van der Waals surface area contributed by atoms with Crippen LogP contribution in [0.15, 0.2) is 53.3 Å². The molecule has 7 heteroatoms. The second-order valence-corrected chi connectivity index (χ2v) is 6.52. The Morgan fingerprint density at radius 3 is 2.76 bits per heavy atom. The third-order valence-electron chi connectivity index (χ3n) is 3.61. The number of carbonyl (C=O) groups excluding carboxylic acids is 1. The van der Waals surface area contributed by atoms with E-state index in [4.69, 9.17) is 5.73 Å². The monoisotopic (exact) mass is 354 g/mol. The molecule has 6 nitrogen and oxygen atoms in total. The van der Waals surface area contributed by atoms with Crippen LogP contribution < -0.4 is 16.6 Å². The van der Waals surface area contributed by atoms with Crippen LogP contribution in [0.5, 0.6) is 0 Å². The topological polar surface area (TPSA) is 101 Å². The fourth-order valence-electron chi connectivity index (χ4n) is 2.52. The average Bonchev–Trinajstić information content (AvgIpc) is 2.63. The number of anilines is 1. The second-order valence-electron chi connectivity index (χ2n) is 5.42. The van der Waals surface area contributed by atoms with Crippen molar-refractivity contribution in [2.75, 3.05) is 23.4 Å². The summed E-state index contributed by atoms with van der Waals surface area (Å²) in [4.78, 5) is 23.9. The Balaban J connectivity index is 1.89. The number of rotatable bonds is 6. The summed E-state index contributed by atoms with van der Waals surface area (Å²) in [5.41, 5.74) is 7.38. The predicted octanol–water partition coefficient (Wildman–Crippen LogP) is 2.22. The molecule has 1 amide bonds. The van der Waals surface area contributed by atoms with Gasteiger partial charge < -0.3 is 11.1 Å². The minimum absolute atomic E-state index is 0.0742. The molecular formula is C18H18N4O2S. The minimum atomic E-state index is -0.222. The molecule has 3 rings (SSSR count). The minimum Gasteiger partial charge on any atom is -0.330 e. The summed E-state index contributed by atoms with van der Waals surface area (Å²) < 4.78 is 0.